The van der Waals surface area contributed by atoms with E-state index in [1.54, 1.807) is 6.07 Å². The first-order valence-corrected chi connectivity index (χ1v) is 5.63. The summed E-state index contributed by atoms with van der Waals surface area (Å²) in [5.41, 5.74) is -0.171. The predicted octanol–water partition coefficient (Wildman–Crippen LogP) is 3.38. The second-order valence-electron chi connectivity index (χ2n) is 3.71. The summed E-state index contributed by atoms with van der Waals surface area (Å²) in [5.74, 6) is -0.164. The number of hydrogen-bond donors (Lipinski definition) is 1. The van der Waals surface area contributed by atoms with E-state index in [4.69, 9.17) is 4.74 Å². The van der Waals surface area contributed by atoms with Crippen molar-refractivity contribution in [1.82, 2.24) is 5.32 Å². The van der Waals surface area contributed by atoms with Crippen LogP contribution < -0.4 is 10.1 Å². The Hall–Kier alpha value is -1.49. The van der Waals surface area contributed by atoms with Gasteiger partial charge in [-0.2, -0.15) is 13.2 Å². The SMILES string of the molecule is C=CCOc1ccc(CNCC)cc1C(F)(F)F. The van der Waals surface area contributed by atoms with Crippen molar-refractivity contribution in [2.24, 2.45) is 0 Å². The lowest BCUT2D eigenvalue weighted by molar-refractivity contribution is -0.138. The zero-order valence-electron chi connectivity index (χ0n) is 10.2. The number of ether oxygens (including phenoxy) is 1. The molecule has 1 N–H and O–H groups in total. The van der Waals surface area contributed by atoms with Gasteiger partial charge in [-0.1, -0.05) is 25.6 Å². The van der Waals surface area contributed by atoms with Gasteiger partial charge in [0.25, 0.3) is 0 Å². The van der Waals surface area contributed by atoms with E-state index >= 15 is 0 Å². The second-order valence-corrected chi connectivity index (χ2v) is 3.71. The van der Waals surface area contributed by atoms with Crippen molar-refractivity contribution in [3.05, 3.63) is 42.0 Å². The van der Waals surface area contributed by atoms with E-state index in [-0.39, 0.29) is 12.4 Å². The van der Waals surface area contributed by atoms with Gasteiger partial charge in [-0.15, -0.1) is 0 Å². The van der Waals surface area contributed by atoms with Crippen molar-refractivity contribution in [1.29, 1.82) is 0 Å². The highest BCUT2D eigenvalue weighted by atomic mass is 19.4. The van der Waals surface area contributed by atoms with Crippen molar-refractivity contribution in [2.45, 2.75) is 19.6 Å². The van der Waals surface area contributed by atoms with Crippen LogP contribution in [0.25, 0.3) is 0 Å². The maximum absolute atomic E-state index is 12.9. The molecular formula is C13H16F3NO. The van der Waals surface area contributed by atoms with Crippen LogP contribution in [0.4, 0.5) is 13.2 Å². The first-order valence-electron chi connectivity index (χ1n) is 5.63. The van der Waals surface area contributed by atoms with Gasteiger partial charge in [0.15, 0.2) is 0 Å². The Labute approximate surface area is 104 Å². The molecule has 0 aliphatic rings. The summed E-state index contributed by atoms with van der Waals surface area (Å²) in [6.45, 7) is 6.46. The summed E-state index contributed by atoms with van der Waals surface area (Å²) in [4.78, 5) is 0. The van der Waals surface area contributed by atoms with Gasteiger partial charge in [0.1, 0.15) is 12.4 Å². The molecule has 0 aliphatic carbocycles. The van der Waals surface area contributed by atoms with Gasteiger partial charge in [0.05, 0.1) is 5.56 Å². The van der Waals surface area contributed by atoms with Crippen LogP contribution in [0.15, 0.2) is 30.9 Å². The Morgan fingerprint density at radius 3 is 2.67 bits per heavy atom. The van der Waals surface area contributed by atoms with E-state index in [9.17, 15) is 13.2 Å². The van der Waals surface area contributed by atoms with E-state index in [0.29, 0.717) is 18.7 Å². The number of alkyl halides is 3. The van der Waals surface area contributed by atoms with E-state index < -0.39 is 11.7 Å². The summed E-state index contributed by atoms with van der Waals surface area (Å²) < 4.78 is 43.6. The molecule has 1 aromatic carbocycles. The average Bonchev–Trinajstić information content (AvgIpc) is 2.33. The van der Waals surface area contributed by atoms with Gasteiger partial charge < -0.3 is 10.1 Å². The van der Waals surface area contributed by atoms with Crippen LogP contribution in [0.2, 0.25) is 0 Å². The van der Waals surface area contributed by atoms with Crippen LogP contribution in [0, 0.1) is 0 Å². The summed E-state index contributed by atoms with van der Waals surface area (Å²) in [6, 6.07) is 4.08. The Morgan fingerprint density at radius 2 is 2.11 bits per heavy atom. The fourth-order valence-corrected chi connectivity index (χ4v) is 1.45. The zero-order valence-corrected chi connectivity index (χ0v) is 10.2. The number of rotatable bonds is 6. The average molecular weight is 259 g/mol. The quantitative estimate of drug-likeness (QED) is 0.791. The maximum atomic E-state index is 12.9. The molecule has 0 amide bonds. The Kier molecular flexibility index (Phi) is 5.22. The second kappa shape index (κ2) is 6.44. The molecule has 0 aromatic heterocycles. The lowest BCUT2D eigenvalue weighted by atomic mass is 10.1. The molecule has 2 nitrogen and oxygen atoms in total. The minimum Gasteiger partial charge on any atom is -0.489 e. The molecule has 1 rings (SSSR count). The van der Waals surface area contributed by atoms with Gasteiger partial charge >= 0.3 is 6.18 Å². The third-order valence-electron chi connectivity index (χ3n) is 2.29. The van der Waals surface area contributed by atoms with E-state index in [1.165, 1.54) is 12.1 Å². The van der Waals surface area contributed by atoms with Gasteiger partial charge in [-0.25, -0.2) is 0 Å². The molecule has 0 saturated heterocycles. The van der Waals surface area contributed by atoms with Crippen LogP contribution in [-0.2, 0) is 12.7 Å². The summed E-state index contributed by atoms with van der Waals surface area (Å²) in [7, 11) is 0. The molecule has 0 heterocycles. The molecule has 18 heavy (non-hydrogen) atoms. The van der Waals surface area contributed by atoms with Crippen molar-refractivity contribution >= 4 is 0 Å². The number of hydrogen-bond acceptors (Lipinski definition) is 2. The third-order valence-corrected chi connectivity index (χ3v) is 2.29. The number of halogens is 3. The van der Waals surface area contributed by atoms with Crippen molar-refractivity contribution in [3.8, 4) is 5.75 Å². The minimum atomic E-state index is -4.42. The smallest absolute Gasteiger partial charge is 0.419 e. The van der Waals surface area contributed by atoms with Crippen LogP contribution >= 0.6 is 0 Å². The Morgan fingerprint density at radius 1 is 1.39 bits per heavy atom. The molecule has 0 atom stereocenters. The van der Waals surface area contributed by atoms with Crippen molar-refractivity contribution in [3.63, 3.8) is 0 Å². The molecule has 5 heteroatoms. The molecule has 0 unspecified atom stereocenters. The molecule has 0 fully saturated rings. The normalized spacial score (nSPS) is 11.3. The molecule has 0 saturated carbocycles. The highest BCUT2D eigenvalue weighted by Gasteiger charge is 2.34. The highest BCUT2D eigenvalue weighted by molar-refractivity contribution is 5.39. The molecular weight excluding hydrogens is 243 g/mol. The van der Waals surface area contributed by atoms with Gasteiger partial charge in [-0.3, -0.25) is 0 Å². The van der Waals surface area contributed by atoms with E-state index in [2.05, 4.69) is 11.9 Å². The minimum absolute atomic E-state index is 0.0512. The molecule has 0 spiro atoms. The van der Waals surface area contributed by atoms with Crippen LogP contribution in [0.5, 0.6) is 5.75 Å². The van der Waals surface area contributed by atoms with Gasteiger partial charge in [0.2, 0.25) is 0 Å². The maximum Gasteiger partial charge on any atom is 0.419 e. The third kappa shape index (κ3) is 4.07. The standard InChI is InChI=1S/C13H16F3NO/c1-3-7-18-12-6-5-10(9-17-4-2)8-11(12)13(14,15)16/h3,5-6,8,17H,1,4,7,9H2,2H3. The van der Waals surface area contributed by atoms with Crippen LogP contribution in [-0.4, -0.2) is 13.2 Å². The Bertz CT molecular complexity index is 402. The summed E-state index contributed by atoms with van der Waals surface area (Å²) >= 11 is 0. The lowest BCUT2D eigenvalue weighted by Crippen LogP contribution is -2.14. The Balaban J connectivity index is 3.00. The van der Waals surface area contributed by atoms with Crippen molar-refractivity contribution in [2.75, 3.05) is 13.2 Å². The van der Waals surface area contributed by atoms with Crippen molar-refractivity contribution < 1.29 is 17.9 Å². The molecule has 0 radical (unpaired) electrons. The lowest BCUT2D eigenvalue weighted by Gasteiger charge is -2.14. The fourth-order valence-electron chi connectivity index (χ4n) is 1.45. The monoisotopic (exact) mass is 259 g/mol. The highest BCUT2D eigenvalue weighted by Crippen LogP contribution is 2.36. The number of benzene rings is 1. The van der Waals surface area contributed by atoms with Crippen LogP contribution in [0.3, 0.4) is 0 Å². The molecule has 1 aromatic rings. The molecule has 0 aliphatic heterocycles. The largest absolute Gasteiger partial charge is 0.489 e. The first-order chi connectivity index (χ1) is 8.49. The summed E-state index contributed by atoms with van der Waals surface area (Å²) in [6.07, 6.45) is -3.01. The fraction of sp³-hybridized carbons (Fsp3) is 0.385. The number of nitrogens with one attached hydrogen (secondary N) is 1. The predicted molar refractivity (Wildman–Crippen MR) is 64.5 cm³/mol. The molecule has 100 valence electrons. The molecule has 0 bridgehead atoms. The van der Waals surface area contributed by atoms with E-state index in [1.807, 2.05) is 6.92 Å². The zero-order chi connectivity index (χ0) is 13.6. The van der Waals surface area contributed by atoms with E-state index in [0.717, 1.165) is 6.07 Å². The van der Waals surface area contributed by atoms with Gasteiger partial charge in [0, 0.05) is 6.54 Å². The summed E-state index contributed by atoms with van der Waals surface area (Å²) in [5, 5.41) is 2.98. The topological polar surface area (TPSA) is 21.3 Å². The van der Waals surface area contributed by atoms with Crippen LogP contribution in [0.1, 0.15) is 18.1 Å². The van der Waals surface area contributed by atoms with Gasteiger partial charge in [-0.05, 0) is 24.2 Å². The first kappa shape index (κ1) is 14.6.